The molecule has 0 saturated heterocycles. The number of nitrogens with one attached hydrogen (secondary N) is 2. The van der Waals surface area contributed by atoms with Gasteiger partial charge in [-0.2, -0.15) is 0 Å². The van der Waals surface area contributed by atoms with Crippen molar-refractivity contribution in [1.29, 1.82) is 0 Å². The zero-order valence-electron chi connectivity index (χ0n) is 10.4. The Bertz CT molecular complexity index is 379. The van der Waals surface area contributed by atoms with Crippen LogP contribution in [0.1, 0.15) is 12.0 Å². The van der Waals surface area contributed by atoms with Crippen LogP contribution in [0.3, 0.4) is 0 Å². The molecule has 2 N–H and O–H groups in total. The molecule has 0 bridgehead atoms. The molecule has 98 valence electrons. The van der Waals surface area contributed by atoms with E-state index in [1.807, 2.05) is 30.3 Å². The molecule has 0 heterocycles. The highest BCUT2D eigenvalue weighted by molar-refractivity contribution is 5.75. The van der Waals surface area contributed by atoms with E-state index in [9.17, 15) is 9.59 Å². The molecule has 18 heavy (non-hydrogen) atoms. The van der Waals surface area contributed by atoms with Crippen molar-refractivity contribution in [3.8, 4) is 0 Å². The van der Waals surface area contributed by atoms with E-state index >= 15 is 0 Å². The fraction of sp³-hybridized carbons (Fsp3) is 0.385. The maximum atomic E-state index is 11.3. The first-order chi connectivity index (χ1) is 8.72. The topological polar surface area (TPSA) is 67.4 Å². The van der Waals surface area contributed by atoms with E-state index in [-0.39, 0.29) is 25.0 Å². The Labute approximate surface area is 107 Å². The molecule has 0 radical (unpaired) electrons. The van der Waals surface area contributed by atoms with Crippen LogP contribution in [0.4, 0.5) is 4.79 Å². The first-order valence-electron chi connectivity index (χ1n) is 5.85. The second-order valence-electron chi connectivity index (χ2n) is 3.74. The van der Waals surface area contributed by atoms with Gasteiger partial charge in [0, 0.05) is 13.1 Å². The van der Waals surface area contributed by atoms with Gasteiger partial charge in [0.15, 0.2) is 0 Å². The SMILES string of the molecule is COC(=O)CCNC(=O)NCCc1ccccc1. The summed E-state index contributed by atoms with van der Waals surface area (Å²) in [5.41, 5.74) is 1.17. The van der Waals surface area contributed by atoms with E-state index in [1.54, 1.807) is 0 Å². The Hall–Kier alpha value is -2.04. The van der Waals surface area contributed by atoms with Crippen LogP contribution in [0, 0.1) is 0 Å². The Morgan fingerprint density at radius 1 is 1.11 bits per heavy atom. The molecule has 0 atom stereocenters. The molecule has 0 aliphatic heterocycles. The highest BCUT2D eigenvalue weighted by atomic mass is 16.5. The lowest BCUT2D eigenvalue weighted by atomic mass is 10.1. The number of ether oxygens (including phenoxy) is 1. The van der Waals surface area contributed by atoms with Gasteiger partial charge in [0.25, 0.3) is 0 Å². The van der Waals surface area contributed by atoms with E-state index in [4.69, 9.17) is 0 Å². The van der Waals surface area contributed by atoms with Crippen LogP contribution < -0.4 is 10.6 Å². The third-order valence-electron chi connectivity index (χ3n) is 2.38. The van der Waals surface area contributed by atoms with Gasteiger partial charge in [-0.3, -0.25) is 4.79 Å². The van der Waals surface area contributed by atoms with Crippen LogP contribution in [-0.2, 0) is 16.0 Å². The monoisotopic (exact) mass is 250 g/mol. The fourth-order valence-corrected chi connectivity index (χ4v) is 1.41. The molecule has 5 heteroatoms. The van der Waals surface area contributed by atoms with Crippen molar-refractivity contribution in [2.45, 2.75) is 12.8 Å². The molecule has 0 unspecified atom stereocenters. The smallest absolute Gasteiger partial charge is 0.314 e. The lowest BCUT2D eigenvalue weighted by Gasteiger charge is -2.07. The predicted molar refractivity (Wildman–Crippen MR) is 68.2 cm³/mol. The lowest BCUT2D eigenvalue weighted by Crippen LogP contribution is -2.37. The molecule has 0 aromatic heterocycles. The highest BCUT2D eigenvalue weighted by Crippen LogP contribution is 1.97. The summed E-state index contributed by atoms with van der Waals surface area (Å²) in [5, 5.41) is 5.30. The summed E-state index contributed by atoms with van der Waals surface area (Å²) >= 11 is 0. The van der Waals surface area contributed by atoms with Crippen molar-refractivity contribution < 1.29 is 14.3 Å². The van der Waals surface area contributed by atoms with Gasteiger partial charge in [0.2, 0.25) is 0 Å². The molecule has 0 fully saturated rings. The summed E-state index contributed by atoms with van der Waals surface area (Å²) < 4.78 is 4.46. The molecule has 0 aliphatic rings. The van der Waals surface area contributed by atoms with Crippen molar-refractivity contribution >= 4 is 12.0 Å². The van der Waals surface area contributed by atoms with Crippen molar-refractivity contribution in [1.82, 2.24) is 10.6 Å². The zero-order valence-corrected chi connectivity index (χ0v) is 10.4. The second kappa shape index (κ2) is 8.11. The molecule has 0 saturated carbocycles. The Kier molecular flexibility index (Phi) is 6.32. The molecule has 2 amide bonds. The van der Waals surface area contributed by atoms with Crippen molar-refractivity contribution in [2.24, 2.45) is 0 Å². The Morgan fingerprint density at radius 2 is 1.78 bits per heavy atom. The van der Waals surface area contributed by atoms with Gasteiger partial charge in [-0.25, -0.2) is 4.79 Å². The van der Waals surface area contributed by atoms with Crippen LogP contribution in [0.15, 0.2) is 30.3 Å². The van der Waals surface area contributed by atoms with Gasteiger partial charge < -0.3 is 15.4 Å². The molecule has 0 aliphatic carbocycles. The molecule has 5 nitrogen and oxygen atoms in total. The van der Waals surface area contributed by atoms with Crippen molar-refractivity contribution in [3.63, 3.8) is 0 Å². The normalized spacial score (nSPS) is 9.61. The van der Waals surface area contributed by atoms with Crippen molar-refractivity contribution in [3.05, 3.63) is 35.9 Å². The Balaban J connectivity index is 2.09. The van der Waals surface area contributed by atoms with Gasteiger partial charge in [0.1, 0.15) is 0 Å². The third-order valence-corrected chi connectivity index (χ3v) is 2.38. The number of carbonyl (C=O) groups excluding carboxylic acids is 2. The molecular formula is C13H18N2O3. The average Bonchev–Trinajstić information content (AvgIpc) is 2.39. The second-order valence-corrected chi connectivity index (χ2v) is 3.74. The summed E-state index contributed by atoms with van der Waals surface area (Å²) in [7, 11) is 1.32. The Morgan fingerprint density at radius 3 is 2.44 bits per heavy atom. The van der Waals surface area contributed by atoms with Crippen molar-refractivity contribution in [2.75, 3.05) is 20.2 Å². The number of benzene rings is 1. The van der Waals surface area contributed by atoms with Gasteiger partial charge in [-0.05, 0) is 12.0 Å². The average molecular weight is 250 g/mol. The summed E-state index contributed by atoms with van der Waals surface area (Å²) in [4.78, 5) is 22.1. The molecule has 0 spiro atoms. The summed E-state index contributed by atoms with van der Waals surface area (Å²) in [6, 6.07) is 9.64. The van der Waals surface area contributed by atoms with Crippen LogP contribution in [0.2, 0.25) is 0 Å². The molecular weight excluding hydrogens is 232 g/mol. The number of rotatable bonds is 6. The molecule has 1 rings (SSSR count). The van der Waals surface area contributed by atoms with E-state index in [0.29, 0.717) is 6.54 Å². The van der Waals surface area contributed by atoms with E-state index in [2.05, 4.69) is 15.4 Å². The van der Waals surface area contributed by atoms with Crippen LogP contribution in [0.25, 0.3) is 0 Å². The van der Waals surface area contributed by atoms with E-state index < -0.39 is 0 Å². The molecule has 1 aromatic rings. The van der Waals surface area contributed by atoms with Gasteiger partial charge in [0.05, 0.1) is 13.5 Å². The minimum Gasteiger partial charge on any atom is -0.469 e. The lowest BCUT2D eigenvalue weighted by molar-refractivity contribution is -0.140. The number of urea groups is 1. The summed E-state index contributed by atoms with van der Waals surface area (Å²) in [6.45, 7) is 0.845. The number of amides is 2. The summed E-state index contributed by atoms with van der Waals surface area (Å²) in [6.07, 6.45) is 0.966. The minimum atomic E-state index is -0.334. The largest absolute Gasteiger partial charge is 0.469 e. The zero-order chi connectivity index (χ0) is 13.2. The minimum absolute atomic E-state index is 0.183. The van der Waals surface area contributed by atoms with Crippen LogP contribution >= 0.6 is 0 Å². The number of carbonyl (C=O) groups is 2. The number of methoxy groups -OCH3 is 1. The van der Waals surface area contributed by atoms with Crippen LogP contribution in [0.5, 0.6) is 0 Å². The number of hydrogen-bond donors (Lipinski definition) is 2. The van der Waals surface area contributed by atoms with Gasteiger partial charge >= 0.3 is 12.0 Å². The first-order valence-corrected chi connectivity index (χ1v) is 5.85. The number of hydrogen-bond acceptors (Lipinski definition) is 3. The quantitative estimate of drug-likeness (QED) is 0.743. The maximum Gasteiger partial charge on any atom is 0.314 e. The van der Waals surface area contributed by atoms with E-state index in [1.165, 1.54) is 12.7 Å². The predicted octanol–water partition coefficient (Wildman–Crippen LogP) is 1.09. The van der Waals surface area contributed by atoms with E-state index in [0.717, 1.165) is 6.42 Å². The fourth-order valence-electron chi connectivity index (χ4n) is 1.41. The highest BCUT2D eigenvalue weighted by Gasteiger charge is 2.02. The third kappa shape index (κ3) is 5.89. The van der Waals surface area contributed by atoms with Crippen LogP contribution in [-0.4, -0.2) is 32.2 Å². The number of esters is 1. The maximum absolute atomic E-state index is 11.3. The molecule has 1 aromatic carbocycles. The van der Waals surface area contributed by atoms with Gasteiger partial charge in [-0.1, -0.05) is 30.3 Å². The standard InChI is InChI=1S/C13H18N2O3/c1-18-12(16)8-10-15-13(17)14-9-7-11-5-3-2-4-6-11/h2-6H,7-10H2,1H3,(H2,14,15,17). The first kappa shape index (κ1) is 14.0. The summed E-state index contributed by atoms with van der Waals surface area (Å²) in [5.74, 6) is -0.334. The van der Waals surface area contributed by atoms with Gasteiger partial charge in [-0.15, -0.1) is 0 Å².